The molecule has 3 atom stereocenters. The first kappa shape index (κ1) is 21.2. The summed E-state index contributed by atoms with van der Waals surface area (Å²) < 4.78 is 2.06. The van der Waals surface area contributed by atoms with Crippen LogP contribution in [-0.2, 0) is 11.2 Å². The highest BCUT2D eigenvalue weighted by Gasteiger charge is 2.40. The lowest BCUT2D eigenvalue weighted by molar-refractivity contribution is -0.136. The van der Waals surface area contributed by atoms with Gasteiger partial charge in [0.2, 0.25) is 5.91 Å². The van der Waals surface area contributed by atoms with Crippen molar-refractivity contribution >= 4 is 28.4 Å². The number of nitrogens with zero attached hydrogens (tertiary/aromatic N) is 5. The summed E-state index contributed by atoms with van der Waals surface area (Å²) in [6.07, 6.45) is 8.08. The summed E-state index contributed by atoms with van der Waals surface area (Å²) in [5, 5.41) is 1.04. The first-order valence-corrected chi connectivity index (χ1v) is 12.3. The topological polar surface area (TPSA) is 62.9 Å². The smallest absolute Gasteiger partial charge is 0.249 e. The first-order valence-electron chi connectivity index (χ1n) is 11.4. The minimum atomic E-state index is -0.349. The normalized spacial score (nSPS) is 23.5. The van der Waals surface area contributed by atoms with Gasteiger partial charge in [-0.1, -0.05) is 30.3 Å². The van der Waals surface area contributed by atoms with Crippen molar-refractivity contribution in [2.75, 3.05) is 6.54 Å². The average Bonchev–Trinajstić information content (AvgIpc) is 3.37. The number of aliphatic imine (C=N–C) groups is 1. The molecule has 0 aliphatic carbocycles. The summed E-state index contributed by atoms with van der Waals surface area (Å²) in [5.41, 5.74) is 5.00. The quantitative estimate of drug-likeness (QED) is 0.589. The number of thioether (sulfide) groups is 1. The van der Waals surface area contributed by atoms with Gasteiger partial charge in [0, 0.05) is 31.4 Å². The van der Waals surface area contributed by atoms with Gasteiger partial charge in [-0.3, -0.25) is 14.8 Å². The lowest BCUT2D eigenvalue weighted by atomic mass is 9.96. The SMILES string of the molecule is CC1=NC(C(=O)N2CCCC[C@H]2Cc2cn3cc(C)nc(C)c3n2)C(c2ccccc2)S1. The Morgan fingerprint density at radius 2 is 1.91 bits per heavy atom. The van der Waals surface area contributed by atoms with E-state index >= 15 is 0 Å². The van der Waals surface area contributed by atoms with Gasteiger partial charge in [0.1, 0.15) is 6.04 Å². The molecule has 1 fully saturated rings. The monoisotopic (exact) mass is 447 g/mol. The number of hydrogen-bond acceptors (Lipinski definition) is 5. The molecular formula is C25H29N5OS. The zero-order valence-corrected chi connectivity index (χ0v) is 19.7. The van der Waals surface area contributed by atoms with Crippen LogP contribution in [0.2, 0.25) is 0 Å². The Balaban J connectivity index is 1.39. The van der Waals surface area contributed by atoms with Crippen LogP contribution in [0, 0.1) is 13.8 Å². The van der Waals surface area contributed by atoms with Gasteiger partial charge in [0.25, 0.3) is 0 Å². The molecule has 2 aliphatic rings. The second-order valence-electron chi connectivity index (χ2n) is 8.86. The fourth-order valence-electron chi connectivity index (χ4n) is 4.99. The molecule has 2 aromatic heterocycles. The van der Waals surface area contributed by atoms with E-state index in [2.05, 4.69) is 32.6 Å². The number of aryl methyl sites for hydroxylation is 2. The zero-order chi connectivity index (χ0) is 22.2. The summed E-state index contributed by atoms with van der Waals surface area (Å²) in [6, 6.07) is 10.1. The predicted molar refractivity (Wildman–Crippen MR) is 129 cm³/mol. The van der Waals surface area contributed by atoms with Crippen LogP contribution in [0.15, 0.2) is 47.7 Å². The standard InChI is InChI=1S/C25H29N5OS/c1-16-14-29-15-20(28-24(29)17(2)26-16)13-21-11-7-8-12-30(21)25(31)22-23(32-18(3)27-22)19-9-5-4-6-10-19/h4-6,9-10,14-15,21-23H,7-8,11-13H2,1-3H3/t21-,22?,23?/m0/s1. The van der Waals surface area contributed by atoms with E-state index in [1.807, 2.05) is 45.2 Å². The maximum absolute atomic E-state index is 13.8. The third-order valence-electron chi connectivity index (χ3n) is 6.42. The number of hydrogen-bond donors (Lipinski definition) is 0. The van der Waals surface area contributed by atoms with Crippen molar-refractivity contribution in [3.8, 4) is 0 Å². The molecule has 7 heteroatoms. The summed E-state index contributed by atoms with van der Waals surface area (Å²) >= 11 is 1.71. The lowest BCUT2D eigenvalue weighted by Gasteiger charge is -2.37. The summed E-state index contributed by atoms with van der Waals surface area (Å²) in [7, 11) is 0. The van der Waals surface area contributed by atoms with Crippen molar-refractivity contribution in [3.05, 3.63) is 65.4 Å². The fraction of sp³-hybridized carbons (Fsp3) is 0.440. The summed E-state index contributed by atoms with van der Waals surface area (Å²) in [4.78, 5) is 30.0. The van der Waals surface area contributed by atoms with Crippen LogP contribution < -0.4 is 0 Å². The van der Waals surface area contributed by atoms with Crippen molar-refractivity contribution in [2.45, 2.75) is 63.8 Å². The molecule has 0 bridgehead atoms. The maximum Gasteiger partial charge on any atom is 0.249 e. The largest absolute Gasteiger partial charge is 0.337 e. The molecule has 3 aromatic rings. The zero-order valence-electron chi connectivity index (χ0n) is 18.9. The van der Waals surface area contributed by atoms with Gasteiger partial charge in [-0.25, -0.2) is 4.98 Å². The number of imidazole rings is 1. The van der Waals surface area contributed by atoms with Gasteiger partial charge >= 0.3 is 0 Å². The van der Waals surface area contributed by atoms with Crippen molar-refractivity contribution < 1.29 is 4.79 Å². The molecule has 2 aliphatic heterocycles. The van der Waals surface area contributed by atoms with E-state index < -0.39 is 0 Å². The lowest BCUT2D eigenvalue weighted by Crippen LogP contribution is -2.49. The number of fused-ring (bicyclic) bond motifs is 1. The molecule has 0 N–H and O–H groups in total. The molecule has 1 aromatic carbocycles. The van der Waals surface area contributed by atoms with E-state index in [0.717, 1.165) is 60.0 Å². The molecule has 4 heterocycles. The third-order valence-corrected chi connectivity index (χ3v) is 7.65. The Morgan fingerprint density at radius 3 is 2.72 bits per heavy atom. The van der Waals surface area contributed by atoms with Crippen molar-refractivity contribution in [1.82, 2.24) is 19.3 Å². The van der Waals surface area contributed by atoms with Crippen LogP contribution in [0.3, 0.4) is 0 Å². The van der Waals surface area contributed by atoms with Gasteiger partial charge in [-0.05, 0) is 45.6 Å². The average molecular weight is 448 g/mol. The number of aromatic nitrogens is 3. The van der Waals surface area contributed by atoms with E-state index in [-0.39, 0.29) is 23.2 Å². The Bertz CT molecular complexity index is 1170. The van der Waals surface area contributed by atoms with E-state index in [4.69, 9.17) is 9.98 Å². The molecular weight excluding hydrogens is 418 g/mol. The Kier molecular flexibility index (Phi) is 5.76. The molecule has 1 saturated heterocycles. The van der Waals surface area contributed by atoms with Crippen LogP contribution in [0.1, 0.15) is 54.1 Å². The number of amides is 1. The number of piperidine rings is 1. The Morgan fingerprint density at radius 1 is 1.09 bits per heavy atom. The van der Waals surface area contributed by atoms with Crippen LogP contribution in [0.4, 0.5) is 0 Å². The van der Waals surface area contributed by atoms with Crippen molar-refractivity contribution in [2.24, 2.45) is 4.99 Å². The van der Waals surface area contributed by atoms with E-state index in [1.165, 1.54) is 5.56 Å². The predicted octanol–water partition coefficient (Wildman–Crippen LogP) is 4.54. The first-order chi connectivity index (χ1) is 15.5. The van der Waals surface area contributed by atoms with E-state index in [9.17, 15) is 4.79 Å². The molecule has 0 radical (unpaired) electrons. The van der Waals surface area contributed by atoms with Crippen LogP contribution in [0.5, 0.6) is 0 Å². The van der Waals surface area contributed by atoms with Gasteiger partial charge in [0.15, 0.2) is 5.65 Å². The maximum atomic E-state index is 13.8. The summed E-state index contributed by atoms with van der Waals surface area (Å²) in [5.74, 6) is 0.158. The molecule has 0 spiro atoms. The number of benzene rings is 1. The highest BCUT2D eigenvalue weighted by atomic mass is 32.2. The van der Waals surface area contributed by atoms with E-state index in [1.54, 1.807) is 11.8 Å². The highest BCUT2D eigenvalue weighted by molar-refractivity contribution is 8.14. The fourth-order valence-corrected chi connectivity index (χ4v) is 6.13. The van der Waals surface area contributed by atoms with E-state index in [0.29, 0.717) is 0 Å². The van der Waals surface area contributed by atoms with Gasteiger partial charge in [-0.15, -0.1) is 11.8 Å². The van der Waals surface area contributed by atoms with Gasteiger partial charge < -0.3 is 9.30 Å². The number of rotatable bonds is 4. The second kappa shape index (κ2) is 8.70. The van der Waals surface area contributed by atoms with Crippen molar-refractivity contribution in [3.63, 3.8) is 0 Å². The molecule has 32 heavy (non-hydrogen) atoms. The molecule has 1 amide bonds. The van der Waals surface area contributed by atoms with Gasteiger partial charge in [-0.2, -0.15) is 0 Å². The Hall–Kier alpha value is -2.67. The van der Waals surface area contributed by atoms with Crippen molar-refractivity contribution in [1.29, 1.82) is 0 Å². The number of likely N-dealkylation sites (tertiary alicyclic amines) is 1. The molecule has 6 nitrogen and oxygen atoms in total. The molecule has 0 saturated carbocycles. The van der Waals surface area contributed by atoms with Crippen LogP contribution >= 0.6 is 11.8 Å². The van der Waals surface area contributed by atoms with Crippen LogP contribution in [-0.4, -0.2) is 48.8 Å². The number of carbonyl (C=O) groups excluding carboxylic acids is 1. The van der Waals surface area contributed by atoms with Gasteiger partial charge in [0.05, 0.1) is 27.4 Å². The Labute approximate surface area is 193 Å². The molecule has 166 valence electrons. The second-order valence-corrected chi connectivity index (χ2v) is 10.2. The van der Waals surface area contributed by atoms with Crippen LogP contribution in [0.25, 0.3) is 5.65 Å². The molecule has 5 rings (SSSR count). The minimum absolute atomic E-state index is 0.0539. The minimum Gasteiger partial charge on any atom is -0.337 e. The molecule has 2 unspecified atom stereocenters. The summed E-state index contributed by atoms with van der Waals surface area (Å²) in [6.45, 7) is 6.81. The number of carbonyl (C=O) groups is 1. The third kappa shape index (κ3) is 4.06. The highest BCUT2D eigenvalue weighted by Crippen LogP contribution is 2.41.